The fourth-order valence-corrected chi connectivity index (χ4v) is 3.07. The van der Waals surface area contributed by atoms with Gasteiger partial charge >= 0.3 is 0 Å². The van der Waals surface area contributed by atoms with Crippen LogP contribution in [0.5, 0.6) is 11.5 Å². The number of hydrogen-bond donors (Lipinski definition) is 1. The number of carbonyl (C=O) groups is 1. The molecule has 0 atom stereocenters. The van der Waals surface area contributed by atoms with Crippen molar-refractivity contribution in [3.63, 3.8) is 0 Å². The minimum Gasteiger partial charge on any atom is -0.454 e. The van der Waals surface area contributed by atoms with Crippen LogP contribution in [0.15, 0.2) is 36.4 Å². The average Bonchev–Trinajstić information content (AvgIpc) is 3.05. The highest BCUT2D eigenvalue weighted by atomic mass is 35.5. The van der Waals surface area contributed by atoms with E-state index in [9.17, 15) is 4.79 Å². The molecule has 0 spiro atoms. The maximum atomic E-state index is 12.3. The van der Waals surface area contributed by atoms with Crippen molar-refractivity contribution in [3.8, 4) is 11.5 Å². The maximum absolute atomic E-state index is 12.3. The zero-order valence-corrected chi connectivity index (χ0v) is 15.2. The first-order valence-corrected chi connectivity index (χ1v) is 8.67. The third-order valence-corrected chi connectivity index (χ3v) is 4.51. The van der Waals surface area contributed by atoms with Gasteiger partial charge in [0.2, 0.25) is 12.7 Å². The van der Waals surface area contributed by atoms with E-state index in [-0.39, 0.29) is 19.2 Å². The van der Waals surface area contributed by atoms with Gasteiger partial charge in [-0.3, -0.25) is 9.69 Å². The van der Waals surface area contributed by atoms with Crippen molar-refractivity contribution in [3.05, 3.63) is 52.0 Å². The van der Waals surface area contributed by atoms with Crippen LogP contribution >= 0.6 is 23.2 Å². The van der Waals surface area contributed by atoms with E-state index in [0.29, 0.717) is 22.3 Å². The molecule has 0 saturated carbocycles. The van der Waals surface area contributed by atoms with E-state index in [4.69, 9.17) is 32.7 Å². The standard InChI is InChI=1S/C18H18Cl2N2O3/c1-2-22(9-12-6-7-15-16(8-12)25-11-24-15)10-17(23)21-18-13(19)4-3-5-14(18)20/h3-8H,2,9-11H2,1H3,(H,21,23). The first-order valence-electron chi connectivity index (χ1n) is 7.91. The van der Waals surface area contributed by atoms with Crippen LogP contribution in [0.25, 0.3) is 0 Å². The molecular weight excluding hydrogens is 363 g/mol. The van der Waals surface area contributed by atoms with E-state index >= 15 is 0 Å². The van der Waals surface area contributed by atoms with Gasteiger partial charge in [0, 0.05) is 6.54 Å². The van der Waals surface area contributed by atoms with Crippen LogP contribution in [0, 0.1) is 0 Å². The molecule has 0 aromatic heterocycles. The van der Waals surface area contributed by atoms with Crippen LogP contribution in [0.1, 0.15) is 12.5 Å². The Bertz CT molecular complexity index is 763. The van der Waals surface area contributed by atoms with Gasteiger partial charge in [0.05, 0.1) is 22.3 Å². The Balaban J connectivity index is 1.63. The highest BCUT2D eigenvalue weighted by molar-refractivity contribution is 6.39. The number of rotatable bonds is 6. The van der Waals surface area contributed by atoms with Gasteiger partial charge < -0.3 is 14.8 Å². The summed E-state index contributed by atoms with van der Waals surface area (Å²) in [5.74, 6) is 1.32. The summed E-state index contributed by atoms with van der Waals surface area (Å²) >= 11 is 12.2. The predicted molar refractivity (Wildman–Crippen MR) is 98.6 cm³/mol. The monoisotopic (exact) mass is 380 g/mol. The molecule has 0 unspecified atom stereocenters. The van der Waals surface area contributed by atoms with Crippen molar-refractivity contribution in [2.45, 2.75) is 13.5 Å². The zero-order valence-electron chi connectivity index (χ0n) is 13.7. The second kappa shape index (κ2) is 7.95. The number of nitrogens with zero attached hydrogens (tertiary/aromatic N) is 1. The van der Waals surface area contributed by atoms with Crippen LogP contribution in [0.3, 0.4) is 0 Å². The lowest BCUT2D eigenvalue weighted by Gasteiger charge is -2.20. The van der Waals surface area contributed by atoms with Crippen molar-refractivity contribution >= 4 is 34.8 Å². The molecule has 0 radical (unpaired) electrons. The number of ether oxygens (including phenoxy) is 2. The van der Waals surface area contributed by atoms with Crippen LogP contribution < -0.4 is 14.8 Å². The molecule has 2 aromatic carbocycles. The first-order chi connectivity index (χ1) is 12.1. The molecule has 1 aliphatic heterocycles. The highest BCUT2D eigenvalue weighted by Gasteiger charge is 2.16. The van der Waals surface area contributed by atoms with E-state index in [1.54, 1.807) is 18.2 Å². The van der Waals surface area contributed by atoms with Gasteiger partial charge in [0.25, 0.3) is 0 Å². The van der Waals surface area contributed by atoms with Gasteiger partial charge in [-0.2, -0.15) is 0 Å². The number of para-hydroxylation sites is 1. The fourth-order valence-electron chi connectivity index (χ4n) is 2.58. The van der Waals surface area contributed by atoms with Gasteiger partial charge in [0.1, 0.15) is 0 Å². The second-order valence-corrected chi connectivity index (χ2v) is 6.45. The van der Waals surface area contributed by atoms with E-state index in [2.05, 4.69) is 5.32 Å². The highest BCUT2D eigenvalue weighted by Crippen LogP contribution is 2.33. The van der Waals surface area contributed by atoms with Crippen LogP contribution in [0.4, 0.5) is 5.69 Å². The lowest BCUT2D eigenvalue weighted by Crippen LogP contribution is -2.32. The molecule has 0 fully saturated rings. The number of benzene rings is 2. The smallest absolute Gasteiger partial charge is 0.238 e. The van der Waals surface area contributed by atoms with Crippen molar-refractivity contribution in [1.82, 2.24) is 4.90 Å². The molecule has 132 valence electrons. The van der Waals surface area contributed by atoms with E-state index < -0.39 is 0 Å². The molecule has 1 N–H and O–H groups in total. The van der Waals surface area contributed by atoms with Gasteiger partial charge in [-0.15, -0.1) is 0 Å². The molecule has 7 heteroatoms. The largest absolute Gasteiger partial charge is 0.454 e. The fraction of sp³-hybridized carbons (Fsp3) is 0.278. The summed E-state index contributed by atoms with van der Waals surface area (Å²) in [6.07, 6.45) is 0. The van der Waals surface area contributed by atoms with Crippen LogP contribution in [-0.4, -0.2) is 30.7 Å². The summed E-state index contributed by atoms with van der Waals surface area (Å²) in [7, 11) is 0. The summed E-state index contributed by atoms with van der Waals surface area (Å²) in [6.45, 7) is 3.82. The lowest BCUT2D eigenvalue weighted by atomic mass is 10.2. The van der Waals surface area contributed by atoms with Gasteiger partial charge in [-0.05, 0) is 36.4 Å². The Morgan fingerprint density at radius 1 is 1.16 bits per heavy atom. The predicted octanol–water partition coefficient (Wildman–Crippen LogP) is 4.18. The van der Waals surface area contributed by atoms with E-state index in [1.807, 2.05) is 30.0 Å². The Kier molecular flexibility index (Phi) is 5.68. The van der Waals surface area contributed by atoms with E-state index in [1.165, 1.54) is 0 Å². The van der Waals surface area contributed by atoms with Crippen LogP contribution in [-0.2, 0) is 11.3 Å². The molecular formula is C18H18Cl2N2O3. The summed E-state index contributed by atoms with van der Waals surface area (Å²) in [5, 5.41) is 3.61. The average molecular weight is 381 g/mol. The minimum absolute atomic E-state index is 0.169. The molecule has 0 saturated heterocycles. The van der Waals surface area contributed by atoms with Crippen molar-refractivity contribution < 1.29 is 14.3 Å². The quantitative estimate of drug-likeness (QED) is 0.816. The SMILES string of the molecule is CCN(CC(=O)Nc1c(Cl)cccc1Cl)Cc1ccc2c(c1)OCO2. The number of fused-ring (bicyclic) bond motifs is 1. The number of nitrogens with one attached hydrogen (secondary N) is 1. The maximum Gasteiger partial charge on any atom is 0.238 e. The topological polar surface area (TPSA) is 50.8 Å². The van der Waals surface area contributed by atoms with Crippen molar-refractivity contribution in [1.29, 1.82) is 0 Å². The molecule has 1 heterocycles. The second-order valence-electron chi connectivity index (χ2n) is 5.64. The molecule has 1 amide bonds. The van der Waals surface area contributed by atoms with Gasteiger partial charge in [0.15, 0.2) is 11.5 Å². The normalized spacial score (nSPS) is 12.5. The third-order valence-electron chi connectivity index (χ3n) is 3.88. The van der Waals surface area contributed by atoms with Crippen molar-refractivity contribution in [2.75, 3.05) is 25.2 Å². The number of amides is 1. The summed E-state index contributed by atoms with van der Waals surface area (Å²) < 4.78 is 10.7. The summed E-state index contributed by atoms with van der Waals surface area (Å²) in [5.41, 5.74) is 1.49. The number of carbonyl (C=O) groups excluding carboxylic acids is 1. The number of hydrogen-bond acceptors (Lipinski definition) is 4. The van der Waals surface area contributed by atoms with Crippen molar-refractivity contribution in [2.24, 2.45) is 0 Å². The molecule has 0 aliphatic carbocycles. The molecule has 0 bridgehead atoms. The number of anilines is 1. The number of likely N-dealkylation sites (N-methyl/N-ethyl adjacent to an activating group) is 1. The lowest BCUT2D eigenvalue weighted by molar-refractivity contribution is -0.117. The summed E-state index contributed by atoms with van der Waals surface area (Å²) in [6, 6.07) is 10.9. The Morgan fingerprint density at radius 3 is 2.60 bits per heavy atom. The Labute approximate surface area is 156 Å². The Morgan fingerprint density at radius 2 is 1.88 bits per heavy atom. The summed E-state index contributed by atoms with van der Waals surface area (Å²) in [4.78, 5) is 14.4. The zero-order chi connectivity index (χ0) is 17.8. The molecule has 5 nitrogen and oxygen atoms in total. The first kappa shape index (κ1) is 17.9. The molecule has 25 heavy (non-hydrogen) atoms. The Hall–Kier alpha value is -1.95. The van der Waals surface area contributed by atoms with E-state index in [0.717, 1.165) is 23.6 Å². The number of halogens is 2. The third kappa shape index (κ3) is 4.37. The van der Waals surface area contributed by atoms with Crippen LogP contribution in [0.2, 0.25) is 10.0 Å². The molecule has 1 aliphatic rings. The molecule has 3 rings (SSSR count). The molecule has 2 aromatic rings. The van der Waals surface area contributed by atoms with Gasteiger partial charge in [-0.1, -0.05) is 42.3 Å². The van der Waals surface area contributed by atoms with Gasteiger partial charge in [-0.25, -0.2) is 0 Å². The minimum atomic E-state index is -0.169.